The Bertz CT molecular complexity index is 757. The van der Waals surface area contributed by atoms with Crippen molar-refractivity contribution in [1.29, 1.82) is 0 Å². The molecular formula is C19H26N6O2. The van der Waals surface area contributed by atoms with Gasteiger partial charge in [-0.05, 0) is 38.1 Å². The summed E-state index contributed by atoms with van der Waals surface area (Å²) in [5.74, 6) is 1.49. The molecule has 0 aliphatic carbocycles. The van der Waals surface area contributed by atoms with Gasteiger partial charge in [-0.2, -0.15) is 5.10 Å². The molecule has 2 aromatic rings. The number of piperazine rings is 1. The van der Waals surface area contributed by atoms with Crippen molar-refractivity contribution < 1.29 is 9.53 Å². The van der Waals surface area contributed by atoms with Crippen LogP contribution in [0.1, 0.15) is 13.8 Å². The number of rotatable bonds is 6. The average Bonchev–Trinajstić information content (AvgIpc) is 2.68. The Morgan fingerprint density at radius 3 is 2.52 bits per heavy atom. The lowest BCUT2D eigenvalue weighted by Crippen LogP contribution is -2.50. The van der Waals surface area contributed by atoms with E-state index in [0.717, 1.165) is 43.2 Å². The molecule has 1 amide bonds. The molecule has 2 heterocycles. The van der Waals surface area contributed by atoms with Crippen LogP contribution in [-0.4, -0.2) is 71.9 Å². The first-order chi connectivity index (χ1) is 13.0. The van der Waals surface area contributed by atoms with E-state index >= 15 is 0 Å². The Morgan fingerprint density at radius 2 is 1.89 bits per heavy atom. The Morgan fingerprint density at radius 1 is 1.19 bits per heavy atom. The summed E-state index contributed by atoms with van der Waals surface area (Å²) in [6.45, 7) is 7.48. The second-order valence-corrected chi connectivity index (χ2v) is 6.86. The van der Waals surface area contributed by atoms with E-state index in [4.69, 9.17) is 4.74 Å². The number of hydrogen-bond acceptors (Lipinski definition) is 7. The SMILES string of the molecule is COc1ccc(-c2cnnc(N3CCN(CC(=O)NC(C)C)CC3)n2)cc1. The minimum atomic E-state index is 0.0675. The molecule has 0 bridgehead atoms. The molecule has 1 aliphatic rings. The number of nitrogens with one attached hydrogen (secondary N) is 1. The number of benzene rings is 1. The van der Waals surface area contributed by atoms with Crippen molar-refractivity contribution in [2.45, 2.75) is 19.9 Å². The first kappa shape index (κ1) is 19.0. The van der Waals surface area contributed by atoms with Gasteiger partial charge in [0.1, 0.15) is 5.75 Å². The number of hydrogen-bond donors (Lipinski definition) is 1. The number of ether oxygens (including phenoxy) is 1. The minimum absolute atomic E-state index is 0.0675. The van der Waals surface area contributed by atoms with Gasteiger partial charge in [0.25, 0.3) is 0 Å². The molecule has 0 saturated carbocycles. The van der Waals surface area contributed by atoms with E-state index in [0.29, 0.717) is 12.5 Å². The van der Waals surface area contributed by atoms with E-state index in [1.54, 1.807) is 13.3 Å². The molecule has 27 heavy (non-hydrogen) atoms. The molecular weight excluding hydrogens is 344 g/mol. The molecule has 0 unspecified atom stereocenters. The van der Waals surface area contributed by atoms with Gasteiger partial charge in [-0.25, -0.2) is 4.98 Å². The maximum absolute atomic E-state index is 11.9. The zero-order valence-electron chi connectivity index (χ0n) is 16.1. The van der Waals surface area contributed by atoms with Crippen LogP contribution < -0.4 is 15.0 Å². The van der Waals surface area contributed by atoms with Crippen molar-refractivity contribution in [3.8, 4) is 17.0 Å². The highest BCUT2D eigenvalue weighted by atomic mass is 16.5. The van der Waals surface area contributed by atoms with Crippen LogP contribution in [0.3, 0.4) is 0 Å². The molecule has 1 N–H and O–H groups in total. The van der Waals surface area contributed by atoms with Gasteiger partial charge >= 0.3 is 0 Å². The number of carbonyl (C=O) groups is 1. The monoisotopic (exact) mass is 370 g/mol. The molecule has 1 fully saturated rings. The third kappa shape index (κ3) is 5.13. The van der Waals surface area contributed by atoms with Crippen molar-refractivity contribution in [3.05, 3.63) is 30.5 Å². The van der Waals surface area contributed by atoms with Crippen LogP contribution >= 0.6 is 0 Å². The topological polar surface area (TPSA) is 83.5 Å². The van der Waals surface area contributed by atoms with Gasteiger partial charge in [0.2, 0.25) is 11.9 Å². The maximum Gasteiger partial charge on any atom is 0.245 e. The minimum Gasteiger partial charge on any atom is -0.497 e. The molecule has 3 rings (SSSR count). The van der Waals surface area contributed by atoms with Gasteiger partial charge in [-0.3, -0.25) is 9.69 Å². The standard InChI is InChI=1S/C19H26N6O2/c1-14(2)21-18(26)13-24-8-10-25(11-9-24)19-22-17(12-20-23-19)15-4-6-16(27-3)7-5-15/h4-7,12,14H,8-11,13H2,1-3H3,(H,21,26). The lowest BCUT2D eigenvalue weighted by Gasteiger charge is -2.34. The third-order valence-corrected chi connectivity index (χ3v) is 4.41. The molecule has 1 aliphatic heterocycles. The van der Waals surface area contributed by atoms with Gasteiger partial charge in [-0.15, -0.1) is 5.10 Å². The smallest absolute Gasteiger partial charge is 0.245 e. The van der Waals surface area contributed by atoms with Gasteiger partial charge < -0.3 is 15.0 Å². The van der Waals surface area contributed by atoms with E-state index in [9.17, 15) is 4.79 Å². The number of amides is 1. The number of aromatic nitrogens is 3. The molecule has 1 aromatic carbocycles. The highest BCUT2D eigenvalue weighted by Crippen LogP contribution is 2.21. The Hall–Kier alpha value is -2.74. The fraction of sp³-hybridized carbons (Fsp3) is 0.474. The highest BCUT2D eigenvalue weighted by molar-refractivity contribution is 5.78. The summed E-state index contributed by atoms with van der Waals surface area (Å²) in [4.78, 5) is 20.8. The van der Waals surface area contributed by atoms with Crippen LogP contribution in [0, 0.1) is 0 Å². The Labute approximate surface area is 159 Å². The average molecular weight is 370 g/mol. The predicted octanol–water partition coefficient (Wildman–Crippen LogP) is 1.19. The molecule has 144 valence electrons. The lowest BCUT2D eigenvalue weighted by molar-refractivity contribution is -0.122. The fourth-order valence-electron chi connectivity index (χ4n) is 3.01. The number of nitrogens with zero attached hydrogens (tertiary/aromatic N) is 5. The summed E-state index contributed by atoms with van der Waals surface area (Å²) in [5, 5.41) is 11.2. The van der Waals surface area contributed by atoms with Crippen LogP contribution in [0.2, 0.25) is 0 Å². The summed E-state index contributed by atoms with van der Waals surface area (Å²) in [6.07, 6.45) is 1.66. The predicted molar refractivity (Wildman–Crippen MR) is 104 cm³/mol. The Kier molecular flexibility index (Phi) is 6.18. The Balaban J connectivity index is 1.60. The first-order valence-electron chi connectivity index (χ1n) is 9.16. The van der Waals surface area contributed by atoms with Gasteiger partial charge in [0.15, 0.2) is 0 Å². The van der Waals surface area contributed by atoms with Crippen LogP contribution in [0.5, 0.6) is 5.75 Å². The fourth-order valence-corrected chi connectivity index (χ4v) is 3.01. The molecule has 0 atom stereocenters. The first-order valence-corrected chi connectivity index (χ1v) is 9.16. The largest absolute Gasteiger partial charge is 0.497 e. The second-order valence-electron chi connectivity index (χ2n) is 6.86. The summed E-state index contributed by atoms with van der Waals surface area (Å²) in [6, 6.07) is 7.88. The number of methoxy groups -OCH3 is 1. The highest BCUT2D eigenvalue weighted by Gasteiger charge is 2.21. The lowest BCUT2D eigenvalue weighted by atomic mass is 10.1. The normalized spacial score (nSPS) is 15.0. The summed E-state index contributed by atoms with van der Waals surface area (Å²) >= 11 is 0. The second kappa shape index (κ2) is 8.77. The molecule has 8 heteroatoms. The van der Waals surface area contributed by atoms with Crippen molar-refractivity contribution >= 4 is 11.9 Å². The zero-order chi connectivity index (χ0) is 19.2. The van der Waals surface area contributed by atoms with E-state index < -0.39 is 0 Å². The molecule has 1 aromatic heterocycles. The third-order valence-electron chi connectivity index (χ3n) is 4.41. The quantitative estimate of drug-likeness (QED) is 0.818. The van der Waals surface area contributed by atoms with E-state index in [1.807, 2.05) is 38.1 Å². The van der Waals surface area contributed by atoms with E-state index in [2.05, 4.69) is 30.3 Å². The van der Waals surface area contributed by atoms with Crippen molar-refractivity contribution in [1.82, 2.24) is 25.4 Å². The van der Waals surface area contributed by atoms with Crippen molar-refractivity contribution in [2.75, 3.05) is 44.7 Å². The van der Waals surface area contributed by atoms with E-state index in [-0.39, 0.29) is 11.9 Å². The molecule has 0 spiro atoms. The van der Waals surface area contributed by atoms with Crippen LogP contribution in [0.15, 0.2) is 30.5 Å². The zero-order valence-corrected chi connectivity index (χ0v) is 16.1. The van der Waals surface area contributed by atoms with Crippen molar-refractivity contribution in [2.24, 2.45) is 0 Å². The summed E-state index contributed by atoms with van der Waals surface area (Å²) in [7, 11) is 1.64. The number of carbonyl (C=O) groups excluding carboxylic acids is 1. The van der Waals surface area contributed by atoms with Crippen LogP contribution in [-0.2, 0) is 4.79 Å². The van der Waals surface area contributed by atoms with Crippen molar-refractivity contribution in [3.63, 3.8) is 0 Å². The van der Waals surface area contributed by atoms with E-state index in [1.165, 1.54) is 0 Å². The molecule has 8 nitrogen and oxygen atoms in total. The van der Waals surface area contributed by atoms with Crippen LogP contribution in [0.4, 0.5) is 5.95 Å². The molecule has 0 radical (unpaired) electrons. The summed E-state index contributed by atoms with van der Waals surface area (Å²) < 4.78 is 5.19. The number of anilines is 1. The van der Waals surface area contributed by atoms with Crippen LogP contribution in [0.25, 0.3) is 11.3 Å². The summed E-state index contributed by atoms with van der Waals surface area (Å²) in [5.41, 5.74) is 1.75. The van der Waals surface area contributed by atoms with Gasteiger partial charge in [0, 0.05) is 37.8 Å². The molecule has 1 saturated heterocycles. The van der Waals surface area contributed by atoms with Gasteiger partial charge in [0.05, 0.1) is 25.5 Å². The van der Waals surface area contributed by atoms with Gasteiger partial charge in [-0.1, -0.05) is 0 Å². The maximum atomic E-state index is 11.9.